The molecule has 1 aromatic carbocycles. The number of esters is 1. The lowest BCUT2D eigenvalue weighted by Crippen LogP contribution is -2.39. The van der Waals surface area contributed by atoms with Crippen LogP contribution in [0.5, 0.6) is 0 Å². The monoisotopic (exact) mass is 370 g/mol. The van der Waals surface area contributed by atoms with Gasteiger partial charge < -0.3 is 14.4 Å². The summed E-state index contributed by atoms with van der Waals surface area (Å²) in [7, 11) is 0. The fraction of sp³-hybridized carbons (Fsp3) is 0.476. The van der Waals surface area contributed by atoms with E-state index in [2.05, 4.69) is 17.1 Å². The molecule has 1 aromatic heterocycles. The number of carbonyl (C=O) groups is 2. The van der Waals surface area contributed by atoms with Gasteiger partial charge in [-0.05, 0) is 50.0 Å². The first-order valence-electron chi connectivity index (χ1n) is 9.57. The molecule has 144 valence electrons. The summed E-state index contributed by atoms with van der Waals surface area (Å²) in [5.74, 6) is 0.0585. The molecular weight excluding hydrogens is 344 g/mol. The zero-order chi connectivity index (χ0) is 19.1. The lowest BCUT2D eigenvalue weighted by atomic mass is 9.91. The molecule has 1 amide bonds. The minimum absolute atomic E-state index is 0.285. The van der Waals surface area contributed by atoms with Crippen LogP contribution in [0.25, 0.3) is 10.8 Å². The number of carbonyl (C=O) groups excluding carboxylic acids is 2. The summed E-state index contributed by atoms with van der Waals surface area (Å²) >= 11 is 0. The highest BCUT2D eigenvalue weighted by Crippen LogP contribution is 2.24. The predicted octanol–water partition coefficient (Wildman–Crippen LogP) is 3.58. The Morgan fingerprint density at radius 2 is 1.93 bits per heavy atom. The van der Waals surface area contributed by atoms with E-state index in [0.717, 1.165) is 31.4 Å². The Bertz CT molecular complexity index is 779. The van der Waals surface area contributed by atoms with Crippen LogP contribution in [0.1, 0.15) is 31.9 Å². The van der Waals surface area contributed by atoms with E-state index in [1.54, 1.807) is 11.8 Å². The van der Waals surface area contributed by atoms with E-state index in [-0.39, 0.29) is 13.2 Å². The predicted molar refractivity (Wildman–Crippen MR) is 102 cm³/mol. The molecule has 0 unspecified atom stereocenters. The maximum Gasteiger partial charge on any atom is 0.410 e. The van der Waals surface area contributed by atoms with Crippen LogP contribution in [0, 0.1) is 5.92 Å². The number of aromatic nitrogens is 1. The molecule has 0 atom stereocenters. The molecular formula is C21H26N2O4. The highest BCUT2D eigenvalue weighted by atomic mass is 16.6. The lowest BCUT2D eigenvalue weighted by molar-refractivity contribution is -0.146. The van der Waals surface area contributed by atoms with E-state index in [4.69, 9.17) is 9.47 Å². The van der Waals surface area contributed by atoms with Crippen LogP contribution in [0.2, 0.25) is 0 Å². The van der Waals surface area contributed by atoms with Crippen LogP contribution in [0.15, 0.2) is 36.5 Å². The van der Waals surface area contributed by atoms with Crippen molar-refractivity contribution in [2.45, 2.75) is 32.6 Å². The van der Waals surface area contributed by atoms with Crippen molar-refractivity contribution in [3.05, 3.63) is 42.2 Å². The number of piperidine rings is 1. The van der Waals surface area contributed by atoms with Crippen LogP contribution < -0.4 is 0 Å². The normalized spacial score (nSPS) is 14.9. The number of hydrogen-bond acceptors (Lipinski definition) is 5. The van der Waals surface area contributed by atoms with Gasteiger partial charge in [0.1, 0.15) is 0 Å². The molecule has 0 saturated carbocycles. The highest BCUT2D eigenvalue weighted by Gasteiger charge is 2.24. The largest absolute Gasteiger partial charge is 0.463 e. The quantitative estimate of drug-likeness (QED) is 0.727. The second kappa shape index (κ2) is 9.35. The van der Waals surface area contributed by atoms with Gasteiger partial charge in [0.05, 0.1) is 6.61 Å². The molecule has 0 N–H and O–H groups in total. The zero-order valence-corrected chi connectivity index (χ0v) is 15.7. The molecule has 1 aliphatic heterocycles. The van der Waals surface area contributed by atoms with Gasteiger partial charge in [-0.3, -0.25) is 4.98 Å². The number of benzene rings is 1. The molecule has 27 heavy (non-hydrogen) atoms. The molecule has 0 radical (unpaired) electrons. The number of hydrogen-bond donors (Lipinski definition) is 0. The summed E-state index contributed by atoms with van der Waals surface area (Å²) in [6.45, 7) is 3.01. The van der Waals surface area contributed by atoms with Gasteiger partial charge in [-0.2, -0.15) is 0 Å². The Morgan fingerprint density at radius 1 is 1.15 bits per heavy atom. The molecule has 0 bridgehead atoms. The van der Waals surface area contributed by atoms with Crippen LogP contribution in [0.3, 0.4) is 0 Å². The smallest absolute Gasteiger partial charge is 0.410 e. The molecule has 1 aliphatic rings. The number of amides is 1. The summed E-state index contributed by atoms with van der Waals surface area (Å²) in [6.07, 6.45) is 5.34. The Labute approximate surface area is 159 Å². The molecule has 6 heteroatoms. The Balaban J connectivity index is 1.44. The third-order valence-corrected chi connectivity index (χ3v) is 5.04. The number of rotatable bonds is 6. The van der Waals surface area contributed by atoms with Gasteiger partial charge in [0.25, 0.3) is 0 Å². The van der Waals surface area contributed by atoms with Gasteiger partial charge in [-0.25, -0.2) is 9.59 Å². The molecule has 0 aliphatic carbocycles. The molecule has 3 rings (SSSR count). The fourth-order valence-corrected chi connectivity index (χ4v) is 3.54. The number of ether oxygens (including phenoxy) is 2. The summed E-state index contributed by atoms with van der Waals surface area (Å²) in [6, 6.07) is 10.4. The molecule has 2 heterocycles. The van der Waals surface area contributed by atoms with Gasteiger partial charge in [-0.1, -0.05) is 24.3 Å². The summed E-state index contributed by atoms with van der Waals surface area (Å²) in [4.78, 5) is 29.5. The van der Waals surface area contributed by atoms with Crippen LogP contribution in [-0.4, -0.2) is 48.2 Å². The van der Waals surface area contributed by atoms with E-state index < -0.39 is 12.1 Å². The standard InChI is InChI=1S/C21H26N2O4/c1-2-26-20(24)15-27-21(25)23-13-10-16(11-14-23)7-8-19-18-6-4-3-5-17(18)9-12-22-19/h3-6,9,12,16H,2,7-8,10-11,13-15H2,1H3. The summed E-state index contributed by atoms with van der Waals surface area (Å²) in [5.41, 5.74) is 1.14. The number of nitrogens with zero attached hydrogens (tertiary/aromatic N) is 2. The Morgan fingerprint density at radius 3 is 2.70 bits per heavy atom. The SMILES string of the molecule is CCOC(=O)COC(=O)N1CCC(CCc2nccc3ccccc23)CC1. The second-order valence-electron chi connectivity index (χ2n) is 6.81. The van der Waals surface area contributed by atoms with Gasteiger partial charge in [0.15, 0.2) is 6.61 Å². The minimum Gasteiger partial charge on any atom is -0.463 e. The van der Waals surface area contributed by atoms with Crippen molar-refractivity contribution < 1.29 is 19.1 Å². The van der Waals surface area contributed by atoms with Crippen molar-refractivity contribution in [1.82, 2.24) is 9.88 Å². The number of likely N-dealkylation sites (tertiary alicyclic amines) is 1. The number of fused-ring (bicyclic) bond motifs is 1. The van der Waals surface area contributed by atoms with E-state index in [1.807, 2.05) is 24.4 Å². The number of aryl methyl sites for hydroxylation is 1. The molecule has 1 saturated heterocycles. The van der Waals surface area contributed by atoms with Crippen LogP contribution >= 0.6 is 0 Å². The topological polar surface area (TPSA) is 68.7 Å². The van der Waals surface area contributed by atoms with Gasteiger partial charge in [0, 0.05) is 30.4 Å². The minimum atomic E-state index is -0.511. The fourth-order valence-electron chi connectivity index (χ4n) is 3.54. The van der Waals surface area contributed by atoms with E-state index >= 15 is 0 Å². The molecule has 2 aromatic rings. The van der Waals surface area contributed by atoms with Crippen molar-refractivity contribution in [1.29, 1.82) is 0 Å². The first kappa shape index (κ1) is 19.1. The molecule has 6 nitrogen and oxygen atoms in total. The van der Waals surface area contributed by atoms with Gasteiger partial charge in [-0.15, -0.1) is 0 Å². The third-order valence-electron chi connectivity index (χ3n) is 5.04. The summed E-state index contributed by atoms with van der Waals surface area (Å²) < 4.78 is 9.77. The first-order chi connectivity index (χ1) is 13.2. The van der Waals surface area contributed by atoms with Crippen LogP contribution in [-0.2, 0) is 20.7 Å². The van der Waals surface area contributed by atoms with Crippen molar-refractivity contribution in [3.63, 3.8) is 0 Å². The van der Waals surface area contributed by atoms with E-state index in [0.29, 0.717) is 19.0 Å². The average Bonchev–Trinajstić information content (AvgIpc) is 2.71. The Hall–Kier alpha value is -2.63. The van der Waals surface area contributed by atoms with Crippen molar-refractivity contribution in [2.24, 2.45) is 5.92 Å². The van der Waals surface area contributed by atoms with Gasteiger partial charge >= 0.3 is 12.1 Å². The molecule has 0 spiro atoms. The zero-order valence-electron chi connectivity index (χ0n) is 15.7. The maximum absolute atomic E-state index is 12.0. The van der Waals surface area contributed by atoms with Crippen molar-refractivity contribution in [2.75, 3.05) is 26.3 Å². The van der Waals surface area contributed by atoms with E-state index in [9.17, 15) is 9.59 Å². The van der Waals surface area contributed by atoms with Crippen molar-refractivity contribution >= 4 is 22.8 Å². The van der Waals surface area contributed by atoms with Gasteiger partial charge in [0.2, 0.25) is 0 Å². The lowest BCUT2D eigenvalue weighted by Gasteiger charge is -2.31. The maximum atomic E-state index is 12.0. The van der Waals surface area contributed by atoms with E-state index in [1.165, 1.54) is 10.8 Å². The molecule has 1 fully saturated rings. The highest BCUT2D eigenvalue weighted by molar-refractivity contribution is 5.84. The van der Waals surface area contributed by atoms with Crippen molar-refractivity contribution in [3.8, 4) is 0 Å². The number of pyridine rings is 1. The average molecular weight is 370 g/mol. The van der Waals surface area contributed by atoms with Crippen LogP contribution in [0.4, 0.5) is 4.79 Å². The second-order valence-corrected chi connectivity index (χ2v) is 6.81. The first-order valence-corrected chi connectivity index (χ1v) is 9.57. The summed E-state index contributed by atoms with van der Waals surface area (Å²) in [5, 5.41) is 2.45. The Kier molecular flexibility index (Phi) is 6.63. The third kappa shape index (κ3) is 5.18.